The number of carbonyl (C=O) groups is 2. The molecule has 0 aliphatic carbocycles. The van der Waals surface area contributed by atoms with Crippen molar-refractivity contribution in [2.75, 3.05) is 6.54 Å². The van der Waals surface area contributed by atoms with Crippen LogP contribution in [0, 0.1) is 5.95 Å². The molecule has 1 saturated heterocycles. The highest BCUT2D eigenvalue weighted by molar-refractivity contribution is 5.96. The zero-order valence-electron chi connectivity index (χ0n) is 9.28. The Hall–Kier alpha value is -2.02. The van der Waals surface area contributed by atoms with E-state index in [2.05, 4.69) is 4.98 Å². The van der Waals surface area contributed by atoms with E-state index in [1.54, 1.807) is 0 Å². The van der Waals surface area contributed by atoms with Gasteiger partial charge in [0.2, 0.25) is 5.95 Å². The molecule has 2 atom stereocenters. The number of carboxylic acids is 1. The molecule has 2 N–H and O–H groups in total. The number of β-amino-alcohol motifs (C(OH)–C–C–N with tert-alkyl or cyclic N) is 1. The van der Waals surface area contributed by atoms with E-state index >= 15 is 0 Å². The Kier molecular flexibility index (Phi) is 3.24. The minimum absolute atomic E-state index is 0.00427. The van der Waals surface area contributed by atoms with Gasteiger partial charge >= 0.3 is 5.97 Å². The first-order chi connectivity index (χ1) is 8.49. The lowest BCUT2D eigenvalue weighted by Gasteiger charge is -2.20. The molecule has 18 heavy (non-hydrogen) atoms. The van der Waals surface area contributed by atoms with Crippen LogP contribution in [-0.4, -0.2) is 50.7 Å². The van der Waals surface area contributed by atoms with Gasteiger partial charge in [0.1, 0.15) is 6.04 Å². The van der Waals surface area contributed by atoms with Crippen molar-refractivity contribution in [2.24, 2.45) is 0 Å². The lowest BCUT2D eigenvalue weighted by Crippen LogP contribution is -2.40. The highest BCUT2D eigenvalue weighted by Crippen LogP contribution is 2.20. The maximum absolute atomic E-state index is 12.6. The summed E-state index contributed by atoms with van der Waals surface area (Å²) in [6.45, 7) is -0.0484. The zero-order valence-corrected chi connectivity index (χ0v) is 9.28. The van der Waals surface area contributed by atoms with Gasteiger partial charge in [0.05, 0.1) is 11.7 Å². The van der Waals surface area contributed by atoms with Crippen LogP contribution in [0.4, 0.5) is 4.39 Å². The molecule has 1 aromatic rings. The van der Waals surface area contributed by atoms with Gasteiger partial charge in [0, 0.05) is 19.2 Å². The number of halogens is 1. The number of aliphatic hydroxyl groups excluding tert-OH is 1. The maximum atomic E-state index is 12.6. The Bertz CT molecular complexity index is 476. The summed E-state index contributed by atoms with van der Waals surface area (Å²) < 4.78 is 12.6. The third-order valence-corrected chi connectivity index (χ3v) is 2.80. The van der Waals surface area contributed by atoms with Crippen molar-refractivity contribution >= 4 is 11.9 Å². The van der Waals surface area contributed by atoms with Crippen molar-refractivity contribution in [3.05, 3.63) is 29.8 Å². The van der Waals surface area contributed by atoms with Gasteiger partial charge in [0.25, 0.3) is 5.91 Å². The van der Waals surface area contributed by atoms with Crippen molar-refractivity contribution < 1.29 is 24.2 Å². The fourth-order valence-corrected chi connectivity index (χ4v) is 1.94. The van der Waals surface area contributed by atoms with Crippen LogP contribution >= 0.6 is 0 Å². The highest BCUT2D eigenvalue weighted by atomic mass is 19.1. The molecule has 6 nitrogen and oxygen atoms in total. The van der Waals surface area contributed by atoms with Gasteiger partial charge in [-0.2, -0.15) is 4.39 Å². The number of aliphatic carboxylic acids is 1. The van der Waals surface area contributed by atoms with Crippen molar-refractivity contribution in [2.45, 2.75) is 18.6 Å². The molecule has 2 rings (SSSR count). The molecular formula is C11H11FN2O4. The van der Waals surface area contributed by atoms with Gasteiger partial charge in [-0.25, -0.2) is 9.78 Å². The van der Waals surface area contributed by atoms with Crippen molar-refractivity contribution in [1.29, 1.82) is 0 Å². The molecular weight excluding hydrogens is 243 g/mol. The molecule has 0 saturated carbocycles. The van der Waals surface area contributed by atoms with E-state index in [9.17, 15) is 19.1 Å². The molecule has 0 aromatic carbocycles. The predicted molar refractivity (Wildman–Crippen MR) is 57.3 cm³/mol. The third kappa shape index (κ3) is 2.30. The van der Waals surface area contributed by atoms with Crippen LogP contribution < -0.4 is 0 Å². The monoisotopic (exact) mass is 254 g/mol. The summed E-state index contributed by atoms with van der Waals surface area (Å²) in [5.41, 5.74) is 0.0942. The number of carbonyl (C=O) groups excluding carboxylic acids is 1. The maximum Gasteiger partial charge on any atom is 0.326 e. The number of nitrogens with zero attached hydrogens (tertiary/aromatic N) is 2. The second-order valence-corrected chi connectivity index (χ2v) is 4.07. The van der Waals surface area contributed by atoms with Crippen molar-refractivity contribution in [1.82, 2.24) is 9.88 Å². The first-order valence-electron chi connectivity index (χ1n) is 5.32. The van der Waals surface area contributed by atoms with Crippen molar-refractivity contribution in [3.8, 4) is 0 Å². The molecule has 0 bridgehead atoms. The van der Waals surface area contributed by atoms with Crippen LogP contribution in [0.1, 0.15) is 16.8 Å². The van der Waals surface area contributed by atoms with Gasteiger partial charge in [0.15, 0.2) is 0 Å². The first kappa shape index (κ1) is 12.4. The van der Waals surface area contributed by atoms with Crippen LogP contribution in [0.5, 0.6) is 0 Å². The summed E-state index contributed by atoms with van der Waals surface area (Å²) in [6, 6.07) is 1.20. The molecule has 1 aliphatic heterocycles. The minimum atomic E-state index is -1.17. The van der Waals surface area contributed by atoms with Crippen LogP contribution in [0.25, 0.3) is 0 Å². The van der Waals surface area contributed by atoms with Crippen LogP contribution in [0.2, 0.25) is 0 Å². The summed E-state index contributed by atoms with van der Waals surface area (Å²) in [4.78, 5) is 27.4. The molecule has 0 spiro atoms. The summed E-state index contributed by atoms with van der Waals surface area (Å²) in [5.74, 6) is -2.47. The van der Waals surface area contributed by atoms with Gasteiger partial charge in [-0.1, -0.05) is 0 Å². The Morgan fingerprint density at radius 3 is 2.72 bits per heavy atom. The number of aromatic nitrogens is 1. The Morgan fingerprint density at radius 1 is 1.44 bits per heavy atom. The summed E-state index contributed by atoms with van der Waals surface area (Å²) in [7, 11) is 0. The quantitative estimate of drug-likeness (QED) is 0.718. The molecule has 1 aromatic heterocycles. The number of hydrogen-bond acceptors (Lipinski definition) is 4. The SMILES string of the molecule is O=C(O)[C@@H]1C[C@@H](O)CN1C(=O)c1ccc(F)nc1. The van der Waals surface area contributed by atoms with Gasteiger partial charge < -0.3 is 15.1 Å². The normalized spacial score (nSPS) is 23.1. The number of pyridine rings is 1. The van der Waals surface area contributed by atoms with E-state index in [1.807, 2.05) is 0 Å². The molecule has 7 heteroatoms. The fourth-order valence-electron chi connectivity index (χ4n) is 1.94. The largest absolute Gasteiger partial charge is 0.480 e. The third-order valence-electron chi connectivity index (χ3n) is 2.80. The van der Waals surface area contributed by atoms with Crippen LogP contribution in [-0.2, 0) is 4.79 Å². The zero-order chi connectivity index (χ0) is 13.3. The van der Waals surface area contributed by atoms with Gasteiger partial charge in [-0.15, -0.1) is 0 Å². The fraction of sp³-hybridized carbons (Fsp3) is 0.364. The molecule has 1 aliphatic rings. The molecule has 1 fully saturated rings. The van der Waals surface area contributed by atoms with Crippen molar-refractivity contribution in [3.63, 3.8) is 0 Å². The summed E-state index contributed by atoms with van der Waals surface area (Å²) >= 11 is 0. The van der Waals surface area contributed by atoms with Gasteiger partial charge in [-0.05, 0) is 12.1 Å². The second-order valence-electron chi connectivity index (χ2n) is 4.07. The standard InChI is InChI=1S/C11H11FN2O4/c12-9-2-1-6(4-13-9)10(16)14-5-7(15)3-8(14)11(17)18/h1-2,4,7-8,15H,3,5H2,(H,17,18)/t7-,8+/m1/s1. The Balaban J connectivity index is 2.22. The molecule has 2 heterocycles. The molecule has 96 valence electrons. The van der Waals surface area contributed by atoms with E-state index in [4.69, 9.17) is 5.11 Å². The minimum Gasteiger partial charge on any atom is -0.480 e. The van der Waals surface area contributed by atoms with Gasteiger partial charge in [-0.3, -0.25) is 4.79 Å². The van der Waals surface area contributed by atoms with E-state index in [-0.39, 0.29) is 18.5 Å². The summed E-state index contributed by atoms with van der Waals surface area (Å²) in [6.07, 6.45) is 0.181. The average Bonchev–Trinajstić information content (AvgIpc) is 2.71. The predicted octanol–water partition coefficient (Wildman–Crippen LogP) is -0.119. The lowest BCUT2D eigenvalue weighted by molar-refractivity contribution is -0.141. The van der Waals surface area contributed by atoms with Crippen LogP contribution in [0.3, 0.4) is 0 Å². The topological polar surface area (TPSA) is 90.7 Å². The number of likely N-dealkylation sites (tertiary alicyclic amines) is 1. The second kappa shape index (κ2) is 4.69. The first-order valence-corrected chi connectivity index (χ1v) is 5.32. The lowest BCUT2D eigenvalue weighted by atomic mass is 10.2. The van der Waals surface area contributed by atoms with E-state index in [0.717, 1.165) is 17.2 Å². The molecule has 0 radical (unpaired) electrons. The number of rotatable bonds is 2. The Labute approximate surface area is 102 Å². The number of amides is 1. The number of aliphatic hydroxyl groups is 1. The smallest absolute Gasteiger partial charge is 0.326 e. The summed E-state index contributed by atoms with van der Waals surface area (Å²) in [5, 5.41) is 18.4. The Morgan fingerprint density at radius 2 is 2.17 bits per heavy atom. The van der Waals surface area contributed by atoms with E-state index < -0.39 is 30.0 Å². The molecule has 0 unspecified atom stereocenters. The highest BCUT2D eigenvalue weighted by Gasteiger charge is 2.39. The average molecular weight is 254 g/mol. The van der Waals surface area contributed by atoms with E-state index in [0.29, 0.717) is 0 Å². The van der Waals surface area contributed by atoms with E-state index in [1.165, 1.54) is 6.07 Å². The number of carboxylic acid groups (broad SMARTS) is 1. The van der Waals surface area contributed by atoms with Crippen LogP contribution in [0.15, 0.2) is 18.3 Å². The molecule has 1 amide bonds. The number of hydrogen-bond donors (Lipinski definition) is 2.